The Balaban J connectivity index is 1.66. The Morgan fingerprint density at radius 2 is 1.50 bits per heavy atom. The molecule has 0 N–H and O–H groups in total. The summed E-state index contributed by atoms with van der Waals surface area (Å²) in [6, 6.07) is 9.74. The molecule has 1 aliphatic heterocycles. The van der Waals surface area contributed by atoms with Gasteiger partial charge in [-0.05, 0) is 19.4 Å². The van der Waals surface area contributed by atoms with E-state index < -0.39 is 0 Å². The van der Waals surface area contributed by atoms with Crippen LogP contribution in [0.3, 0.4) is 0 Å². The lowest BCUT2D eigenvalue weighted by Gasteiger charge is -2.19. The fourth-order valence-electron chi connectivity index (χ4n) is 4.41. The molecule has 3 nitrogen and oxygen atoms in total. The van der Waals surface area contributed by atoms with E-state index in [1.807, 2.05) is 30.3 Å². The topological polar surface area (TPSA) is 37.4 Å². The predicted molar refractivity (Wildman–Crippen MR) is 83.5 cm³/mol. The highest BCUT2D eigenvalue weighted by Crippen LogP contribution is 2.56. The largest absolute Gasteiger partial charge is 0.278 e. The third-order valence-electron chi connectivity index (χ3n) is 5.27. The monoisotopic (exact) mass is 293 g/mol. The van der Waals surface area contributed by atoms with Gasteiger partial charge in [-0.2, -0.15) is 0 Å². The Hall–Kier alpha value is -2.16. The van der Waals surface area contributed by atoms with Crippen molar-refractivity contribution in [3.63, 3.8) is 0 Å². The Labute approximate surface area is 130 Å². The molecule has 1 saturated carbocycles. The van der Waals surface area contributed by atoms with Gasteiger partial charge in [0.05, 0.1) is 18.4 Å². The van der Waals surface area contributed by atoms with Gasteiger partial charge in [0, 0.05) is 11.8 Å². The van der Waals surface area contributed by atoms with Gasteiger partial charge in [0.15, 0.2) is 0 Å². The minimum absolute atomic E-state index is 0.00875. The van der Waals surface area contributed by atoms with Crippen LogP contribution < -0.4 is 0 Å². The molecular weight excluding hydrogens is 274 g/mol. The zero-order valence-electron chi connectivity index (χ0n) is 12.8. The van der Waals surface area contributed by atoms with Gasteiger partial charge >= 0.3 is 0 Å². The van der Waals surface area contributed by atoms with E-state index in [1.165, 1.54) is 16.0 Å². The number of hydrogen-bond acceptors (Lipinski definition) is 2. The quantitative estimate of drug-likeness (QED) is 0.621. The molecule has 0 radical (unpaired) electrons. The van der Waals surface area contributed by atoms with E-state index in [1.54, 1.807) is 0 Å². The molecule has 0 aromatic heterocycles. The lowest BCUT2D eigenvalue weighted by Crippen LogP contribution is -2.32. The van der Waals surface area contributed by atoms with Crippen LogP contribution in [0.4, 0.5) is 0 Å². The molecule has 4 unspecified atom stereocenters. The van der Waals surface area contributed by atoms with Gasteiger partial charge in [-0.1, -0.05) is 53.6 Å². The van der Waals surface area contributed by atoms with E-state index in [9.17, 15) is 9.59 Å². The van der Waals surface area contributed by atoms with Gasteiger partial charge in [-0.3, -0.25) is 14.5 Å². The molecule has 1 aromatic carbocycles. The molecule has 4 rings (SSSR count). The van der Waals surface area contributed by atoms with Crippen LogP contribution in [0.1, 0.15) is 19.4 Å². The number of amides is 2. The number of allylic oxidation sites excluding steroid dienone is 4. The SMILES string of the molecule is CC(C)=C1C2C=CC1C1C(=O)N(Cc3ccccc3)C(=O)C21. The molecule has 1 saturated heterocycles. The zero-order valence-corrected chi connectivity index (χ0v) is 12.8. The Bertz CT molecular complexity index is 678. The minimum atomic E-state index is -0.170. The fourth-order valence-corrected chi connectivity index (χ4v) is 4.41. The summed E-state index contributed by atoms with van der Waals surface area (Å²) in [5.41, 5.74) is 3.56. The summed E-state index contributed by atoms with van der Waals surface area (Å²) < 4.78 is 0. The average Bonchev–Trinajstić information content (AvgIpc) is 3.14. The van der Waals surface area contributed by atoms with E-state index in [0.29, 0.717) is 6.54 Å². The molecule has 2 fully saturated rings. The predicted octanol–water partition coefficient (Wildman–Crippen LogP) is 2.94. The maximum absolute atomic E-state index is 12.8. The number of fused-ring (bicyclic) bond motifs is 5. The van der Waals surface area contributed by atoms with E-state index in [2.05, 4.69) is 26.0 Å². The summed E-state index contributed by atoms with van der Waals surface area (Å²) in [6.07, 6.45) is 4.26. The summed E-state index contributed by atoms with van der Waals surface area (Å²) >= 11 is 0. The Morgan fingerprint density at radius 1 is 0.955 bits per heavy atom. The van der Waals surface area contributed by atoms with Crippen LogP contribution in [0.25, 0.3) is 0 Å². The molecule has 112 valence electrons. The van der Waals surface area contributed by atoms with Crippen molar-refractivity contribution in [2.45, 2.75) is 20.4 Å². The molecule has 1 aromatic rings. The first-order chi connectivity index (χ1) is 10.6. The molecule has 4 atom stereocenters. The van der Waals surface area contributed by atoms with Crippen LogP contribution in [0.2, 0.25) is 0 Å². The maximum atomic E-state index is 12.8. The Kier molecular flexibility index (Phi) is 2.86. The first-order valence-electron chi connectivity index (χ1n) is 7.84. The third-order valence-corrected chi connectivity index (χ3v) is 5.27. The minimum Gasteiger partial charge on any atom is -0.278 e. The molecule has 2 amide bonds. The van der Waals surface area contributed by atoms with Gasteiger partial charge in [0.2, 0.25) is 11.8 Å². The number of carbonyl (C=O) groups excluding carboxylic acids is 2. The van der Waals surface area contributed by atoms with Gasteiger partial charge in [-0.25, -0.2) is 0 Å². The molecule has 3 heteroatoms. The summed E-state index contributed by atoms with van der Waals surface area (Å²) in [7, 11) is 0. The normalized spacial score (nSPS) is 32.1. The van der Waals surface area contributed by atoms with Crippen molar-refractivity contribution in [1.82, 2.24) is 4.90 Å². The van der Waals surface area contributed by atoms with Crippen LogP contribution in [-0.2, 0) is 16.1 Å². The summed E-state index contributed by atoms with van der Waals surface area (Å²) in [5, 5.41) is 0. The van der Waals surface area contributed by atoms with E-state index >= 15 is 0 Å². The molecule has 1 heterocycles. The first-order valence-corrected chi connectivity index (χ1v) is 7.84. The molecular formula is C19H19NO2. The fraction of sp³-hybridized carbons (Fsp3) is 0.368. The number of imide groups is 1. The number of carbonyl (C=O) groups is 2. The van der Waals surface area contributed by atoms with Crippen LogP contribution in [0.15, 0.2) is 53.6 Å². The molecule has 2 aliphatic carbocycles. The van der Waals surface area contributed by atoms with Crippen LogP contribution in [-0.4, -0.2) is 16.7 Å². The zero-order chi connectivity index (χ0) is 15.4. The molecule has 0 spiro atoms. The van der Waals surface area contributed by atoms with Crippen LogP contribution in [0.5, 0.6) is 0 Å². The summed E-state index contributed by atoms with van der Waals surface area (Å²) in [6.45, 7) is 4.56. The highest BCUT2D eigenvalue weighted by Gasteiger charge is 2.61. The number of benzene rings is 1. The second-order valence-corrected chi connectivity index (χ2v) is 6.69. The summed E-state index contributed by atoms with van der Waals surface area (Å²) in [4.78, 5) is 27.1. The standard InChI is InChI=1S/C19H19NO2/c1-11(2)15-13-8-9-14(15)17-16(13)18(21)20(19(17)22)10-12-6-4-3-5-7-12/h3-9,13-14,16-17H,10H2,1-2H3. The van der Waals surface area contributed by atoms with Gasteiger partial charge < -0.3 is 0 Å². The van der Waals surface area contributed by atoms with Gasteiger partial charge in [0.1, 0.15) is 0 Å². The van der Waals surface area contributed by atoms with Crippen molar-refractivity contribution in [2.24, 2.45) is 23.7 Å². The van der Waals surface area contributed by atoms with Gasteiger partial charge in [0.25, 0.3) is 0 Å². The highest BCUT2D eigenvalue weighted by molar-refractivity contribution is 6.07. The van der Waals surface area contributed by atoms with E-state index in [4.69, 9.17) is 0 Å². The second kappa shape index (κ2) is 4.67. The van der Waals surface area contributed by atoms with Crippen LogP contribution >= 0.6 is 0 Å². The smallest absolute Gasteiger partial charge is 0.234 e. The number of nitrogens with zero attached hydrogens (tertiary/aromatic N) is 1. The van der Waals surface area contributed by atoms with Crippen molar-refractivity contribution >= 4 is 11.8 Å². The van der Waals surface area contributed by atoms with Crippen molar-refractivity contribution in [1.29, 1.82) is 0 Å². The van der Waals surface area contributed by atoms with Crippen molar-refractivity contribution < 1.29 is 9.59 Å². The first kappa shape index (κ1) is 13.5. The molecule has 2 bridgehead atoms. The molecule has 22 heavy (non-hydrogen) atoms. The lowest BCUT2D eigenvalue weighted by molar-refractivity contribution is -0.141. The van der Waals surface area contributed by atoms with Crippen molar-refractivity contribution in [3.05, 3.63) is 59.2 Å². The summed E-state index contributed by atoms with van der Waals surface area (Å²) in [5.74, 6) is -0.0504. The number of hydrogen-bond donors (Lipinski definition) is 0. The van der Waals surface area contributed by atoms with Crippen LogP contribution in [0, 0.1) is 23.7 Å². The van der Waals surface area contributed by atoms with Crippen molar-refractivity contribution in [3.8, 4) is 0 Å². The number of rotatable bonds is 2. The molecule has 3 aliphatic rings. The van der Waals surface area contributed by atoms with E-state index in [-0.39, 0.29) is 35.5 Å². The highest BCUT2D eigenvalue weighted by atomic mass is 16.2. The second-order valence-electron chi connectivity index (χ2n) is 6.69. The van der Waals surface area contributed by atoms with E-state index in [0.717, 1.165) is 5.56 Å². The lowest BCUT2D eigenvalue weighted by atomic mass is 9.85. The van der Waals surface area contributed by atoms with Gasteiger partial charge in [-0.15, -0.1) is 0 Å². The third kappa shape index (κ3) is 1.68. The number of likely N-dealkylation sites (tertiary alicyclic amines) is 1. The maximum Gasteiger partial charge on any atom is 0.234 e. The average molecular weight is 293 g/mol. The Morgan fingerprint density at radius 3 is 2.00 bits per heavy atom. The van der Waals surface area contributed by atoms with Crippen molar-refractivity contribution in [2.75, 3.05) is 0 Å².